The molecule has 1 heterocycles. The van der Waals surface area contributed by atoms with Crippen LogP contribution in [-0.4, -0.2) is 15.4 Å². The van der Waals surface area contributed by atoms with E-state index in [-0.39, 0.29) is 0 Å². The summed E-state index contributed by atoms with van der Waals surface area (Å²) in [6.07, 6.45) is 2.79. The molecule has 1 aromatic heterocycles. The van der Waals surface area contributed by atoms with Crippen LogP contribution < -0.4 is 5.32 Å². The predicted octanol–water partition coefficient (Wildman–Crippen LogP) is 2.51. The van der Waals surface area contributed by atoms with E-state index < -0.39 is 0 Å². The van der Waals surface area contributed by atoms with Gasteiger partial charge in [0.2, 0.25) is 5.13 Å². The number of hydrogen-bond donors (Lipinski definition) is 1. The quantitative estimate of drug-likeness (QED) is 0.858. The number of benzene rings is 1. The summed E-state index contributed by atoms with van der Waals surface area (Å²) in [6.45, 7) is 0. The van der Waals surface area contributed by atoms with Crippen molar-refractivity contribution in [2.24, 2.45) is 0 Å². The molecule has 0 saturated heterocycles. The van der Waals surface area contributed by atoms with Crippen molar-refractivity contribution < 1.29 is 0 Å². The molecular weight excluding hydrogens is 206 g/mol. The van der Waals surface area contributed by atoms with E-state index in [9.17, 15) is 0 Å². The van der Waals surface area contributed by atoms with Crippen LogP contribution >= 0.6 is 11.5 Å². The molecule has 1 fully saturated rings. The van der Waals surface area contributed by atoms with Crippen LogP contribution in [0.4, 0.5) is 5.13 Å². The molecule has 0 amide bonds. The van der Waals surface area contributed by atoms with E-state index in [1.54, 1.807) is 6.33 Å². The molecular formula is C11H11N3S. The van der Waals surface area contributed by atoms with Gasteiger partial charge >= 0.3 is 0 Å². The Labute approximate surface area is 92.3 Å². The zero-order valence-electron chi connectivity index (χ0n) is 8.13. The Morgan fingerprint density at radius 3 is 2.87 bits per heavy atom. The number of rotatable bonds is 3. The van der Waals surface area contributed by atoms with Crippen molar-refractivity contribution in [1.29, 1.82) is 0 Å². The number of nitrogens with one attached hydrogen (secondary N) is 1. The number of aromatic nitrogens is 2. The minimum Gasteiger partial charge on any atom is -0.357 e. The summed E-state index contributed by atoms with van der Waals surface area (Å²) < 4.78 is 3.97. The molecule has 1 aliphatic rings. The first kappa shape index (κ1) is 8.85. The molecule has 0 bridgehead atoms. The molecule has 0 aliphatic heterocycles. The van der Waals surface area contributed by atoms with Gasteiger partial charge in [-0.1, -0.05) is 30.3 Å². The van der Waals surface area contributed by atoms with Gasteiger partial charge in [-0.15, -0.1) is 0 Å². The molecule has 2 aromatic rings. The van der Waals surface area contributed by atoms with E-state index in [4.69, 9.17) is 0 Å². The first-order valence-corrected chi connectivity index (χ1v) is 5.79. The van der Waals surface area contributed by atoms with Gasteiger partial charge in [0.1, 0.15) is 6.33 Å². The van der Waals surface area contributed by atoms with E-state index >= 15 is 0 Å². The summed E-state index contributed by atoms with van der Waals surface area (Å²) in [6, 6.07) is 11.2. The Morgan fingerprint density at radius 2 is 2.13 bits per heavy atom. The second-order valence-electron chi connectivity index (χ2n) is 3.75. The van der Waals surface area contributed by atoms with Gasteiger partial charge in [0.15, 0.2) is 0 Å². The smallest absolute Gasteiger partial charge is 0.202 e. The third-order valence-electron chi connectivity index (χ3n) is 2.69. The van der Waals surface area contributed by atoms with Crippen LogP contribution in [0.5, 0.6) is 0 Å². The molecule has 1 aliphatic carbocycles. The van der Waals surface area contributed by atoms with Crippen molar-refractivity contribution in [2.45, 2.75) is 18.4 Å². The predicted molar refractivity (Wildman–Crippen MR) is 61.1 cm³/mol. The van der Waals surface area contributed by atoms with E-state index in [2.05, 4.69) is 45.0 Å². The molecule has 0 spiro atoms. The summed E-state index contributed by atoms with van der Waals surface area (Å²) in [5.41, 5.74) is 1.42. The zero-order valence-corrected chi connectivity index (χ0v) is 8.95. The van der Waals surface area contributed by atoms with Crippen LogP contribution in [0, 0.1) is 0 Å². The standard InChI is InChI=1S/C11H11N3S/c1-2-4-8(5-3-1)9-6-10(9)14-11-12-7-13-15-11/h1-5,7,9-10H,6H2,(H,12,13,14). The molecule has 15 heavy (non-hydrogen) atoms. The molecule has 4 heteroatoms. The van der Waals surface area contributed by atoms with Gasteiger partial charge in [0, 0.05) is 23.5 Å². The summed E-state index contributed by atoms with van der Waals surface area (Å²) in [7, 11) is 0. The number of nitrogens with zero attached hydrogens (tertiary/aromatic N) is 2. The first-order chi connectivity index (χ1) is 7.43. The highest BCUT2D eigenvalue weighted by Gasteiger charge is 2.38. The van der Waals surface area contributed by atoms with Gasteiger partial charge in [-0.05, 0) is 12.0 Å². The van der Waals surface area contributed by atoms with Crippen molar-refractivity contribution in [3.8, 4) is 0 Å². The largest absolute Gasteiger partial charge is 0.357 e. The van der Waals surface area contributed by atoms with Gasteiger partial charge < -0.3 is 5.32 Å². The fourth-order valence-corrected chi connectivity index (χ4v) is 2.31. The Morgan fingerprint density at radius 1 is 1.27 bits per heavy atom. The SMILES string of the molecule is c1ccc(C2CC2Nc2ncns2)cc1. The molecule has 2 unspecified atom stereocenters. The third-order valence-corrected chi connectivity index (χ3v) is 3.28. The molecule has 0 radical (unpaired) electrons. The van der Waals surface area contributed by atoms with Crippen LogP contribution in [-0.2, 0) is 0 Å². The van der Waals surface area contributed by atoms with Gasteiger partial charge in [0.25, 0.3) is 0 Å². The third kappa shape index (κ3) is 1.85. The number of anilines is 1. The fraction of sp³-hybridized carbons (Fsp3) is 0.273. The molecule has 2 atom stereocenters. The second kappa shape index (κ2) is 3.62. The summed E-state index contributed by atoms with van der Waals surface area (Å²) in [5.74, 6) is 0.648. The van der Waals surface area contributed by atoms with Gasteiger partial charge in [-0.2, -0.15) is 4.37 Å². The van der Waals surface area contributed by atoms with Crippen LogP contribution in [0.3, 0.4) is 0 Å². The van der Waals surface area contributed by atoms with Gasteiger partial charge in [-0.25, -0.2) is 4.98 Å². The summed E-state index contributed by atoms with van der Waals surface area (Å²) in [5, 5.41) is 4.32. The average Bonchev–Trinajstić information content (AvgIpc) is 2.84. The molecule has 76 valence electrons. The van der Waals surface area contributed by atoms with Crippen LogP contribution in [0.1, 0.15) is 17.9 Å². The number of hydrogen-bond acceptors (Lipinski definition) is 4. The molecule has 1 saturated carbocycles. The maximum absolute atomic E-state index is 4.12. The minimum atomic E-state index is 0.542. The van der Waals surface area contributed by atoms with E-state index in [1.807, 2.05) is 0 Å². The fourth-order valence-electron chi connectivity index (χ4n) is 1.82. The van der Waals surface area contributed by atoms with Crippen LogP contribution in [0.15, 0.2) is 36.7 Å². The maximum Gasteiger partial charge on any atom is 0.202 e. The topological polar surface area (TPSA) is 37.8 Å². The van der Waals surface area contributed by atoms with E-state index in [0.717, 1.165) is 5.13 Å². The highest BCUT2D eigenvalue weighted by Crippen LogP contribution is 2.42. The molecule has 3 nitrogen and oxygen atoms in total. The van der Waals surface area contributed by atoms with Crippen molar-refractivity contribution in [2.75, 3.05) is 5.32 Å². The molecule has 1 N–H and O–H groups in total. The van der Waals surface area contributed by atoms with E-state index in [0.29, 0.717) is 12.0 Å². The summed E-state index contributed by atoms with van der Waals surface area (Å²) in [4.78, 5) is 4.12. The molecule has 1 aromatic carbocycles. The van der Waals surface area contributed by atoms with Gasteiger partial charge in [-0.3, -0.25) is 0 Å². The van der Waals surface area contributed by atoms with Crippen molar-refractivity contribution in [1.82, 2.24) is 9.36 Å². The normalized spacial score (nSPS) is 23.7. The Balaban J connectivity index is 1.65. The lowest BCUT2D eigenvalue weighted by molar-refractivity contribution is 1.04. The van der Waals surface area contributed by atoms with E-state index in [1.165, 1.54) is 23.5 Å². The summed E-state index contributed by atoms with van der Waals surface area (Å²) >= 11 is 1.42. The lowest BCUT2D eigenvalue weighted by atomic mass is 10.1. The molecule has 3 rings (SSSR count). The van der Waals surface area contributed by atoms with Crippen molar-refractivity contribution in [3.63, 3.8) is 0 Å². The Hall–Kier alpha value is -1.42. The lowest BCUT2D eigenvalue weighted by Gasteiger charge is -2.00. The lowest BCUT2D eigenvalue weighted by Crippen LogP contribution is -2.03. The van der Waals surface area contributed by atoms with Crippen molar-refractivity contribution in [3.05, 3.63) is 42.2 Å². The highest BCUT2D eigenvalue weighted by molar-refractivity contribution is 7.09. The van der Waals surface area contributed by atoms with Crippen LogP contribution in [0.2, 0.25) is 0 Å². The average molecular weight is 217 g/mol. The van der Waals surface area contributed by atoms with Gasteiger partial charge in [0.05, 0.1) is 0 Å². The first-order valence-electron chi connectivity index (χ1n) is 5.01. The second-order valence-corrected chi connectivity index (χ2v) is 4.53. The Kier molecular flexibility index (Phi) is 2.14. The van der Waals surface area contributed by atoms with Crippen LogP contribution in [0.25, 0.3) is 0 Å². The minimum absolute atomic E-state index is 0.542. The zero-order chi connectivity index (χ0) is 10.1. The highest BCUT2D eigenvalue weighted by atomic mass is 32.1. The van der Waals surface area contributed by atoms with Crippen molar-refractivity contribution >= 4 is 16.7 Å². The maximum atomic E-state index is 4.12. The Bertz CT molecular complexity index is 426. The monoisotopic (exact) mass is 217 g/mol.